The highest BCUT2D eigenvalue weighted by Crippen LogP contribution is 2.26. The molecule has 1 heterocycles. The molecule has 158 valence electrons. The van der Waals surface area contributed by atoms with Crippen LogP contribution in [0, 0.1) is 11.8 Å². The molecule has 2 aliphatic rings. The Balaban J connectivity index is 1.61. The maximum atomic E-state index is 10.3. The number of ether oxygens (including phenoxy) is 1. The molecule has 4 atom stereocenters. The Hall–Kier alpha value is -0.700. The van der Waals surface area contributed by atoms with Crippen molar-refractivity contribution in [1.82, 2.24) is 10.6 Å². The van der Waals surface area contributed by atoms with E-state index in [4.69, 9.17) is 16.2 Å². The molecule has 0 aromatic rings. The molecule has 0 amide bonds. The summed E-state index contributed by atoms with van der Waals surface area (Å²) in [6.07, 6.45) is 6.17. The van der Waals surface area contributed by atoms with E-state index in [1.165, 1.54) is 0 Å². The van der Waals surface area contributed by atoms with E-state index in [1.54, 1.807) is 0 Å². The number of rotatable bonds is 10. The SMILES string of the molecule is CC(C)(NC(O)CCC(O)OCCC1CCC(N)=CC1N)C1CCNCC1. The van der Waals surface area contributed by atoms with Gasteiger partial charge in [-0.1, -0.05) is 0 Å². The quantitative estimate of drug-likeness (QED) is 0.307. The van der Waals surface area contributed by atoms with Crippen molar-refractivity contribution in [2.24, 2.45) is 23.3 Å². The summed E-state index contributed by atoms with van der Waals surface area (Å²) in [5, 5.41) is 27.1. The Morgan fingerprint density at radius 2 is 1.96 bits per heavy atom. The lowest BCUT2D eigenvalue weighted by atomic mass is 9.80. The molecule has 0 saturated carbocycles. The monoisotopic (exact) mass is 384 g/mol. The van der Waals surface area contributed by atoms with Crippen LogP contribution in [0.3, 0.4) is 0 Å². The largest absolute Gasteiger partial charge is 0.402 e. The van der Waals surface area contributed by atoms with Gasteiger partial charge in [-0.2, -0.15) is 0 Å². The van der Waals surface area contributed by atoms with Crippen LogP contribution in [-0.2, 0) is 4.74 Å². The molecular weight excluding hydrogens is 344 g/mol. The van der Waals surface area contributed by atoms with E-state index in [-0.39, 0.29) is 11.6 Å². The van der Waals surface area contributed by atoms with Gasteiger partial charge in [0.05, 0.1) is 6.61 Å². The fourth-order valence-corrected chi connectivity index (χ4v) is 4.25. The smallest absolute Gasteiger partial charge is 0.154 e. The Morgan fingerprint density at radius 3 is 2.63 bits per heavy atom. The lowest BCUT2D eigenvalue weighted by molar-refractivity contribution is -0.113. The molecule has 8 N–H and O–H groups in total. The zero-order valence-corrected chi connectivity index (χ0v) is 17.0. The zero-order chi connectivity index (χ0) is 19.9. The second-order valence-corrected chi connectivity index (χ2v) is 8.72. The summed E-state index contributed by atoms with van der Waals surface area (Å²) in [6, 6.07) is -0.0252. The third kappa shape index (κ3) is 7.68. The summed E-state index contributed by atoms with van der Waals surface area (Å²) in [5.74, 6) is 0.889. The van der Waals surface area contributed by atoms with Crippen LogP contribution in [0.4, 0.5) is 0 Å². The fraction of sp³-hybridized carbons (Fsp3) is 0.900. The van der Waals surface area contributed by atoms with Gasteiger partial charge >= 0.3 is 0 Å². The first-order chi connectivity index (χ1) is 12.8. The lowest BCUT2D eigenvalue weighted by Gasteiger charge is -2.39. The van der Waals surface area contributed by atoms with E-state index in [1.807, 2.05) is 6.08 Å². The van der Waals surface area contributed by atoms with Crippen LogP contribution in [-0.4, -0.2) is 54.0 Å². The maximum absolute atomic E-state index is 10.3. The summed E-state index contributed by atoms with van der Waals surface area (Å²) in [7, 11) is 0. The first-order valence-electron chi connectivity index (χ1n) is 10.5. The first-order valence-corrected chi connectivity index (χ1v) is 10.5. The van der Waals surface area contributed by atoms with Crippen molar-refractivity contribution < 1.29 is 14.9 Å². The molecule has 4 unspecified atom stereocenters. The van der Waals surface area contributed by atoms with Crippen LogP contribution in [0.1, 0.15) is 58.8 Å². The van der Waals surface area contributed by atoms with E-state index < -0.39 is 12.5 Å². The molecule has 7 heteroatoms. The molecular formula is C20H40N4O3. The first kappa shape index (κ1) is 22.6. The summed E-state index contributed by atoms with van der Waals surface area (Å²) < 4.78 is 5.52. The van der Waals surface area contributed by atoms with Crippen molar-refractivity contribution in [3.8, 4) is 0 Å². The molecule has 1 fully saturated rings. The highest BCUT2D eigenvalue weighted by atomic mass is 16.6. The van der Waals surface area contributed by atoms with Crippen molar-refractivity contribution in [3.63, 3.8) is 0 Å². The summed E-state index contributed by atoms with van der Waals surface area (Å²) in [6.45, 7) is 6.83. The van der Waals surface area contributed by atoms with Gasteiger partial charge in [0.2, 0.25) is 0 Å². The second-order valence-electron chi connectivity index (χ2n) is 8.72. The van der Waals surface area contributed by atoms with Crippen LogP contribution < -0.4 is 22.1 Å². The predicted molar refractivity (Wildman–Crippen MR) is 108 cm³/mol. The molecule has 1 saturated heterocycles. The van der Waals surface area contributed by atoms with Crippen LogP contribution in [0.15, 0.2) is 11.8 Å². The number of aliphatic hydroxyl groups excluding tert-OH is 2. The number of nitrogens with one attached hydrogen (secondary N) is 2. The van der Waals surface area contributed by atoms with Gasteiger partial charge in [0, 0.05) is 23.7 Å². The Bertz CT molecular complexity index is 466. The topological polar surface area (TPSA) is 126 Å². The molecule has 1 aliphatic carbocycles. The minimum absolute atomic E-state index is 0.0252. The highest BCUT2D eigenvalue weighted by Gasteiger charge is 2.32. The van der Waals surface area contributed by atoms with E-state index in [9.17, 15) is 10.2 Å². The number of allylic oxidation sites excluding steroid dienone is 1. The van der Waals surface area contributed by atoms with Crippen LogP contribution >= 0.6 is 0 Å². The average Bonchev–Trinajstić information content (AvgIpc) is 2.62. The molecule has 0 spiro atoms. The lowest BCUT2D eigenvalue weighted by Crippen LogP contribution is -2.53. The molecule has 2 rings (SSSR count). The number of piperidine rings is 1. The number of nitrogens with two attached hydrogens (primary N) is 2. The third-order valence-corrected chi connectivity index (χ3v) is 6.14. The van der Waals surface area contributed by atoms with Gasteiger partial charge in [-0.15, -0.1) is 0 Å². The molecule has 7 nitrogen and oxygen atoms in total. The van der Waals surface area contributed by atoms with E-state index in [0.29, 0.717) is 31.3 Å². The van der Waals surface area contributed by atoms with Gasteiger partial charge < -0.3 is 31.7 Å². The van der Waals surface area contributed by atoms with Gasteiger partial charge in [-0.25, -0.2) is 0 Å². The van der Waals surface area contributed by atoms with Crippen LogP contribution in [0.2, 0.25) is 0 Å². The second kappa shape index (κ2) is 10.7. The Morgan fingerprint density at radius 1 is 1.26 bits per heavy atom. The normalized spacial score (nSPS) is 27.2. The van der Waals surface area contributed by atoms with Gasteiger partial charge in [-0.05, 0) is 83.4 Å². The van der Waals surface area contributed by atoms with Crippen LogP contribution in [0.25, 0.3) is 0 Å². The summed E-state index contributed by atoms with van der Waals surface area (Å²) >= 11 is 0. The maximum Gasteiger partial charge on any atom is 0.154 e. The number of aliphatic hydroxyl groups is 2. The van der Waals surface area contributed by atoms with Gasteiger partial charge in [0.1, 0.15) is 6.23 Å². The van der Waals surface area contributed by atoms with Gasteiger partial charge in [0.25, 0.3) is 0 Å². The predicted octanol–water partition coefficient (Wildman–Crippen LogP) is 0.758. The third-order valence-electron chi connectivity index (χ3n) is 6.14. The Labute approximate surface area is 163 Å². The number of hydrogen-bond acceptors (Lipinski definition) is 7. The van der Waals surface area contributed by atoms with Crippen molar-refractivity contribution in [2.45, 2.75) is 82.9 Å². The van der Waals surface area contributed by atoms with Gasteiger partial charge in [-0.3, -0.25) is 5.32 Å². The van der Waals surface area contributed by atoms with E-state index >= 15 is 0 Å². The van der Waals surface area contributed by atoms with Crippen molar-refractivity contribution >= 4 is 0 Å². The average molecular weight is 385 g/mol. The minimum atomic E-state index is -0.858. The summed E-state index contributed by atoms with van der Waals surface area (Å²) in [5.41, 5.74) is 12.6. The van der Waals surface area contributed by atoms with Crippen molar-refractivity contribution in [1.29, 1.82) is 0 Å². The van der Waals surface area contributed by atoms with E-state index in [0.717, 1.165) is 50.9 Å². The van der Waals surface area contributed by atoms with Crippen molar-refractivity contribution in [2.75, 3.05) is 19.7 Å². The molecule has 0 aromatic heterocycles. The molecule has 0 aromatic carbocycles. The number of hydrogen-bond donors (Lipinski definition) is 6. The molecule has 0 bridgehead atoms. The van der Waals surface area contributed by atoms with Crippen molar-refractivity contribution in [3.05, 3.63) is 11.8 Å². The van der Waals surface area contributed by atoms with Crippen LogP contribution in [0.5, 0.6) is 0 Å². The van der Waals surface area contributed by atoms with E-state index in [2.05, 4.69) is 24.5 Å². The fourth-order valence-electron chi connectivity index (χ4n) is 4.25. The van der Waals surface area contributed by atoms with Gasteiger partial charge in [0.15, 0.2) is 6.29 Å². The molecule has 1 aliphatic heterocycles. The standard InChI is InChI=1S/C20H40N4O3/c1-20(2,15-7-10-23-11-8-15)24-18(25)5-6-19(26)27-12-9-14-3-4-16(21)13-17(14)22/h13-15,17-19,23-26H,3-12,21-22H2,1-2H3. The minimum Gasteiger partial charge on any atom is -0.402 e. The molecule has 27 heavy (non-hydrogen) atoms. The Kier molecular flexibility index (Phi) is 8.98. The zero-order valence-electron chi connectivity index (χ0n) is 17.0. The summed E-state index contributed by atoms with van der Waals surface area (Å²) in [4.78, 5) is 0. The molecule has 0 radical (unpaired) electrons. The highest BCUT2D eigenvalue weighted by molar-refractivity contribution is 5.08.